The highest BCUT2D eigenvalue weighted by molar-refractivity contribution is 9.10. The third-order valence-electron chi connectivity index (χ3n) is 3.79. The van der Waals surface area contributed by atoms with Crippen LogP contribution in [0.25, 0.3) is 22.2 Å². The zero-order valence-corrected chi connectivity index (χ0v) is 19.0. The van der Waals surface area contributed by atoms with Crippen LogP contribution in [0, 0.1) is 0 Å². The normalized spacial score (nSPS) is 12.6. The van der Waals surface area contributed by atoms with Gasteiger partial charge in [0.1, 0.15) is 10.1 Å². The van der Waals surface area contributed by atoms with E-state index in [1.165, 1.54) is 10.9 Å². The molecule has 0 atom stereocenters. The second kappa shape index (κ2) is 8.01. The van der Waals surface area contributed by atoms with Crippen molar-refractivity contribution in [2.24, 2.45) is 7.05 Å². The first-order chi connectivity index (χ1) is 13.5. The predicted octanol–water partition coefficient (Wildman–Crippen LogP) is 1.15. The van der Waals surface area contributed by atoms with E-state index in [2.05, 4.69) is 35.3 Å². The van der Waals surface area contributed by atoms with E-state index in [-0.39, 0.29) is 13.2 Å². The van der Waals surface area contributed by atoms with Crippen LogP contribution in [0.5, 0.6) is 5.88 Å². The monoisotopic (exact) mass is 507 g/mol. The van der Waals surface area contributed by atoms with E-state index in [0.717, 1.165) is 16.6 Å². The average molecular weight is 508 g/mol. The van der Waals surface area contributed by atoms with Crippen molar-refractivity contribution in [3.8, 4) is 17.1 Å². The van der Waals surface area contributed by atoms with Crippen LogP contribution < -0.4 is 4.74 Å². The number of rotatable bonds is 8. The topological polar surface area (TPSA) is 135 Å². The van der Waals surface area contributed by atoms with Gasteiger partial charge in [-0.15, -0.1) is 5.10 Å². The van der Waals surface area contributed by atoms with Gasteiger partial charge in [0.15, 0.2) is 0 Å². The lowest BCUT2D eigenvalue weighted by Crippen LogP contribution is -2.11. The SMILES string of the molecule is Cn1ncc(-c2cc3c(Br)nn(S(C)(=O)=O)c3cn2)c1OCCCOS(C)(=O)=O. The van der Waals surface area contributed by atoms with E-state index in [1.54, 1.807) is 19.3 Å². The van der Waals surface area contributed by atoms with E-state index >= 15 is 0 Å². The third-order valence-corrected chi connectivity index (χ3v) is 5.88. The largest absolute Gasteiger partial charge is 0.477 e. The molecule has 0 amide bonds. The Morgan fingerprint density at radius 2 is 1.86 bits per heavy atom. The number of halogens is 1. The summed E-state index contributed by atoms with van der Waals surface area (Å²) in [6.45, 7) is 0.216. The van der Waals surface area contributed by atoms with Crippen molar-refractivity contribution in [3.05, 3.63) is 23.1 Å². The molecule has 0 N–H and O–H groups in total. The van der Waals surface area contributed by atoms with Gasteiger partial charge in [-0.2, -0.15) is 17.6 Å². The summed E-state index contributed by atoms with van der Waals surface area (Å²) in [6, 6.07) is 1.69. The average Bonchev–Trinajstić information content (AvgIpc) is 3.14. The highest BCUT2D eigenvalue weighted by Crippen LogP contribution is 2.32. The van der Waals surface area contributed by atoms with Crippen LogP contribution in [0.4, 0.5) is 0 Å². The molecule has 158 valence electrons. The van der Waals surface area contributed by atoms with Gasteiger partial charge in [-0.25, -0.2) is 13.1 Å². The van der Waals surface area contributed by atoms with Crippen molar-refractivity contribution in [1.29, 1.82) is 0 Å². The number of nitrogens with zero attached hydrogens (tertiary/aromatic N) is 5. The molecule has 0 spiro atoms. The standard InChI is InChI=1S/C15H18BrN5O6S2/c1-20-15(26-5-4-6-27-29(3,24)25)11(8-18-20)12-7-10-13(9-17-12)21(19-14(10)16)28(2,22)23/h7-9H,4-6H2,1-3H3. The molecule has 3 aromatic rings. The van der Waals surface area contributed by atoms with Crippen LogP contribution in [0.15, 0.2) is 23.1 Å². The van der Waals surface area contributed by atoms with Crippen molar-refractivity contribution in [2.45, 2.75) is 6.42 Å². The molecular weight excluding hydrogens is 490 g/mol. The molecule has 29 heavy (non-hydrogen) atoms. The Hall–Kier alpha value is -2.03. The molecule has 0 aromatic carbocycles. The van der Waals surface area contributed by atoms with Crippen LogP contribution in [-0.4, -0.2) is 66.5 Å². The second-order valence-corrected chi connectivity index (χ2v) is 10.4. The molecule has 14 heteroatoms. The van der Waals surface area contributed by atoms with Gasteiger partial charge < -0.3 is 4.74 Å². The Morgan fingerprint density at radius 3 is 2.52 bits per heavy atom. The lowest BCUT2D eigenvalue weighted by molar-refractivity contribution is 0.240. The fraction of sp³-hybridized carbons (Fsp3) is 0.400. The van der Waals surface area contributed by atoms with Crippen LogP contribution >= 0.6 is 15.9 Å². The lowest BCUT2D eigenvalue weighted by atomic mass is 10.2. The van der Waals surface area contributed by atoms with Gasteiger partial charge in [0.2, 0.25) is 5.88 Å². The zero-order chi connectivity index (χ0) is 21.4. The van der Waals surface area contributed by atoms with Crippen molar-refractivity contribution in [2.75, 3.05) is 25.7 Å². The predicted molar refractivity (Wildman–Crippen MR) is 109 cm³/mol. The smallest absolute Gasteiger partial charge is 0.264 e. The number of fused-ring (bicyclic) bond motifs is 1. The summed E-state index contributed by atoms with van der Waals surface area (Å²) >= 11 is 3.28. The number of aryl methyl sites for hydroxylation is 1. The number of ether oxygens (including phenoxy) is 1. The Balaban J connectivity index is 1.86. The number of aromatic nitrogens is 5. The molecule has 0 aliphatic carbocycles. The summed E-state index contributed by atoms with van der Waals surface area (Å²) in [5.41, 5.74) is 1.45. The van der Waals surface area contributed by atoms with Crippen LogP contribution in [0.2, 0.25) is 0 Å². The van der Waals surface area contributed by atoms with Gasteiger partial charge in [0, 0.05) is 18.9 Å². The molecule has 3 rings (SSSR count). The van der Waals surface area contributed by atoms with E-state index < -0.39 is 20.1 Å². The summed E-state index contributed by atoms with van der Waals surface area (Å²) in [4.78, 5) is 4.33. The Morgan fingerprint density at radius 1 is 1.14 bits per heavy atom. The first kappa shape index (κ1) is 21.7. The van der Waals surface area contributed by atoms with Gasteiger partial charge in [-0.1, -0.05) is 0 Å². The van der Waals surface area contributed by atoms with Gasteiger partial charge in [0.25, 0.3) is 20.1 Å². The minimum atomic E-state index is -3.58. The number of pyridine rings is 1. The van der Waals surface area contributed by atoms with Gasteiger partial charge in [0.05, 0.1) is 49.4 Å². The maximum atomic E-state index is 11.9. The Labute approximate surface area is 175 Å². The molecule has 0 unspecified atom stereocenters. The quantitative estimate of drug-likeness (QED) is 0.324. The summed E-state index contributed by atoms with van der Waals surface area (Å²) in [7, 11) is -5.37. The maximum Gasteiger partial charge on any atom is 0.264 e. The maximum absolute atomic E-state index is 11.9. The van der Waals surface area contributed by atoms with Gasteiger partial charge in [-0.3, -0.25) is 9.17 Å². The Kier molecular flexibility index (Phi) is 5.98. The zero-order valence-electron chi connectivity index (χ0n) is 15.7. The molecule has 0 fully saturated rings. The summed E-state index contributed by atoms with van der Waals surface area (Å²) in [5, 5.41) is 8.74. The third kappa shape index (κ3) is 4.94. The van der Waals surface area contributed by atoms with E-state index in [4.69, 9.17) is 4.74 Å². The highest BCUT2D eigenvalue weighted by Gasteiger charge is 2.19. The molecule has 0 aliphatic heterocycles. The highest BCUT2D eigenvalue weighted by atomic mass is 79.9. The van der Waals surface area contributed by atoms with E-state index in [1.807, 2.05) is 0 Å². The van der Waals surface area contributed by atoms with Crippen molar-refractivity contribution < 1.29 is 25.8 Å². The van der Waals surface area contributed by atoms with E-state index in [0.29, 0.717) is 39.1 Å². The lowest BCUT2D eigenvalue weighted by Gasteiger charge is -2.09. The van der Waals surface area contributed by atoms with Crippen molar-refractivity contribution in [3.63, 3.8) is 0 Å². The minimum absolute atomic E-state index is 0.00779. The molecule has 11 nitrogen and oxygen atoms in total. The first-order valence-corrected chi connectivity index (χ1v) is 12.7. The molecule has 0 saturated carbocycles. The molecule has 3 aromatic heterocycles. The fourth-order valence-corrected chi connectivity index (χ4v) is 4.30. The van der Waals surface area contributed by atoms with Crippen molar-refractivity contribution in [1.82, 2.24) is 24.0 Å². The van der Waals surface area contributed by atoms with Crippen LogP contribution in [0.3, 0.4) is 0 Å². The van der Waals surface area contributed by atoms with Crippen molar-refractivity contribution >= 4 is 47.0 Å². The minimum Gasteiger partial charge on any atom is -0.477 e. The second-order valence-electron chi connectivity index (χ2n) is 6.20. The Bertz CT molecular complexity index is 1270. The summed E-state index contributed by atoms with van der Waals surface area (Å²) < 4.78 is 58.9. The van der Waals surface area contributed by atoms with Crippen LogP contribution in [0.1, 0.15) is 6.42 Å². The number of hydrogen-bond acceptors (Lipinski definition) is 9. The van der Waals surface area contributed by atoms with Gasteiger partial charge >= 0.3 is 0 Å². The molecular formula is C15H18BrN5O6S2. The molecule has 0 bridgehead atoms. The fourth-order valence-electron chi connectivity index (χ4n) is 2.56. The number of hydrogen-bond donors (Lipinski definition) is 0. The molecule has 0 radical (unpaired) electrons. The molecule has 0 aliphatic rings. The summed E-state index contributed by atoms with van der Waals surface area (Å²) in [6.07, 6.45) is 5.39. The molecule has 3 heterocycles. The molecule has 0 saturated heterocycles. The first-order valence-electron chi connectivity index (χ1n) is 8.22. The van der Waals surface area contributed by atoms with E-state index in [9.17, 15) is 16.8 Å². The van der Waals surface area contributed by atoms with Crippen LogP contribution in [-0.2, 0) is 31.4 Å². The summed E-state index contributed by atoms with van der Waals surface area (Å²) in [5.74, 6) is 0.433. The van der Waals surface area contributed by atoms with Gasteiger partial charge in [-0.05, 0) is 22.0 Å².